The summed E-state index contributed by atoms with van der Waals surface area (Å²) in [4.78, 5) is 10.7. The molecule has 6 heteroatoms. The maximum absolute atomic E-state index is 5.73. The zero-order chi connectivity index (χ0) is 13.0. The lowest BCUT2D eigenvalue weighted by Crippen LogP contribution is -2.06. The predicted molar refractivity (Wildman–Crippen MR) is 82.7 cm³/mol. The Labute approximate surface area is 115 Å². The van der Waals surface area contributed by atoms with Crippen LogP contribution in [-0.2, 0) is 0 Å². The van der Waals surface area contributed by atoms with Gasteiger partial charge in [0, 0.05) is 11.4 Å². The van der Waals surface area contributed by atoms with E-state index in [1.165, 1.54) is 17.1 Å². The van der Waals surface area contributed by atoms with Gasteiger partial charge in [-0.15, -0.1) is 11.3 Å². The summed E-state index contributed by atoms with van der Waals surface area (Å²) in [6, 6.07) is 2.11. The summed E-state index contributed by atoms with van der Waals surface area (Å²) in [5.74, 6) is 2.42. The molecule has 0 atom stereocenters. The molecule has 2 aromatic heterocycles. The van der Waals surface area contributed by atoms with E-state index in [-0.39, 0.29) is 0 Å². The zero-order valence-corrected chi connectivity index (χ0v) is 12.3. The number of thiophene rings is 1. The number of unbranched alkanes of at least 4 members (excludes halogenated alkanes) is 1. The minimum absolute atomic E-state index is 0.343. The normalized spacial score (nSPS) is 11.0. The maximum atomic E-state index is 5.73. The van der Waals surface area contributed by atoms with Crippen molar-refractivity contribution < 1.29 is 0 Å². The van der Waals surface area contributed by atoms with Crippen LogP contribution in [0.1, 0.15) is 17.7 Å². The number of hydrogen-bond donors (Lipinski definition) is 2. The number of nitrogen functional groups attached to an aromatic ring is 1. The first kappa shape index (κ1) is 13.4. The van der Waals surface area contributed by atoms with Crippen LogP contribution in [0.2, 0.25) is 0 Å². The van der Waals surface area contributed by atoms with Gasteiger partial charge in [-0.2, -0.15) is 16.7 Å². The van der Waals surface area contributed by atoms with Crippen molar-refractivity contribution in [2.75, 3.05) is 29.6 Å². The summed E-state index contributed by atoms with van der Waals surface area (Å²) in [6.07, 6.45) is 4.51. The monoisotopic (exact) mass is 282 g/mol. The molecular weight excluding hydrogens is 264 g/mol. The molecule has 0 unspecified atom stereocenters. The number of thioether (sulfide) groups is 1. The molecule has 0 amide bonds. The average molecular weight is 282 g/mol. The van der Waals surface area contributed by atoms with E-state index < -0.39 is 0 Å². The van der Waals surface area contributed by atoms with Crippen LogP contribution < -0.4 is 11.1 Å². The van der Waals surface area contributed by atoms with Crippen LogP contribution in [0.3, 0.4) is 0 Å². The molecule has 3 N–H and O–H groups in total. The highest BCUT2D eigenvalue weighted by Gasteiger charge is 2.08. The van der Waals surface area contributed by atoms with Crippen molar-refractivity contribution in [2.24, 2.45) is 0 Å². The lowest BCUT2D eigenvalue weighted by Gasteiger charge is -2.06. The highest BCUT2D eigenvalue weighted by molar-refractivity contribution is 7.98. The minimum atomic E-state index is 0.343. The standard InChI is InChI=1S/C12H18N4S2/c1-8-7-9-10(14-5-3-4-6-17-2)15-12(13)16-11(9)18-8/h7H,3-6H2,1-2H3,(H3,13,14,15,16). The van der Waals surface area contributed by atoms with E-state index in [2.05, 4.69) is 34.5 Å². The van der Waals surface area contributed by atoms with Gasteiger partial charge in [0.15, 0.2) is 0 Å². The Bertz CT molecular complexity index is 524. The Morgan fingerprint density at radius 3 is 3.00 bits per heavy atom. The fourth-order valence-corrected chi connectivity index (χ4v) is 3.15. The fraction of sp³-hybridized carbons (Fsp3) is 0.500. The van der Waals surface area contributed by atoms with Crippen molar-refractivity contribution in [1.29, 1.82) is 0 Å². The Morgan fingerprint density at radius 2 is 2.22 bits per heavy atom. The Balaban J connectivity index is 2.07. The van der Waals surface area contributed by atoms with Gasteiger partial charge in [-0.3, -0.25) is 0 Å². The third-order valence-electron chi connectivity index (χ3n) is 2.60. The maximum Gasteiger partial charge on any atom is 0.223 e. The molecule has 0 bridgehead atoms. The summed E-state index contributed by atoms with van der Waals surface area (Å²) in [5, 5.41) is 4.45. The summed E-state index contributed by atoms with van der Waals surface area (Å²) in [5.41, 5.74) is 5.73. The van der Waals surface area contributed by atoms with E-state index in [4.69, 9.17) is 5.73 Å². The van der Waals surface area contributed by atoms with Gasteiger partial charge < -0.3 is 11.1 Å². The second-order valence-electron chi connectivity index (χ2n) is 4.13. The van der Waals surface area contributed by atoms with Gasteiger partial charge in [0.25, 0.3) is 0 Å². The number of aromatic nitrogens is 2. The molecule has 0 aliphatic carbocycles. The van der Waals surface area contributed by atoms with E-state index in [0.717, 1.165) is 29.0 Å². The first-order valence-electron chi connectivity index (χ1n) is 5.97. The number of nitrogens with zero attached hydrogens (tertiary/aromatic N) is 2. The van der Waals surface area contributed by atoms with Gasteiger partial charge in [-0.05, 0) is 37.8 Å². The molecule has 2 rings (SSSR count). The van der Waals surface area contributed by atoms with Crippen molar-refractivity contribution in [1.82, 2.24) is 9.97 Å². The summed E-state index contributed by atoms with van der Waals surface area (Å²) >= 11 is 3.54. The topological polar surface area (TPSA) is 63.8 Å². The predicted octanol–water partition coefficient (Wildman–Crippen LogP) is 3.14. The number of fused-ring (bicyclic) bond motifs is 1. The van der Waals surface area contributed by atoms with E-state index >= 15 is 0 Å². The van der Waals surface area contributed by atoms with Crippen LogP contribution in [-0.4, -0.2) is 28.5 Å². The number of nitrogens with two attached hydrogens (primary N) is 1. The van der Waals surface area contributed by atoms with Crippen molar-refractivity contribution in [3.8, 4) is 0 Å². The molecule has 2 aromatic rings. The first-order valence-corrected chi connectivity index (χ1v) is 8.18. The SMILES string of the molecule is CSCCCCNc1nc(N)nc2sc(C)cc12. The molecule has 0 spiro atoms. The Hall–Kier alpha value is -1.01. The van der Waals surface area contributed by atoms with Gasteiger partial charge in [0.1, 0.15) is 10.6 Å². The number of aryl methyl sites for hydroxylation is 1. The Kier molecular flexibility index (Phi) is 4.66. The fourth-order valence-electron chi connectivity index (χ4n) is 1.77. The third kappa shape index (κ3) is 3.26. The van der Waals surface area contributed by atoms with Gasteiger partial charge in [0.2, 0.25) is 5.95 Å². The van der Waals surface area contributed by atoms with Gasteiger partial charge in [-0.1, -0.05) is 0 Å². The Morgan fingerprint density at radius 1 is 1.39 bits per heavy atom. The molecule has 0 aliphatic heterocycles. The number of anilines is 2. The molecule has 0 saturated carbocycles. The van der Waals surface area contributed by atoms with E-state index in [9.17, 15) is 0 Å². The van der Waals surface area contributed by atoms with Crippen LogP contribution in [0.5, 0.6) is 0 Å². The number of rotatable bonds is 6. The highest BCUT2D eigenvalue weighted by atomic mass is 32.2. The van der Waals surface area contributed by atoms with Gasteiger partial charge in [-0.25, -0.2) is 4.98 Å². The van der Waals surface area contributed by atoms with E-state index in [1.54, 1.807) is 11.3 Å². The van der Waals surface area contributed by atoms with E-state index in [0.29, 0.717) is 5.95 Å². The van der Waals surface area contributed by atoms with Crippen molar-refractivity contribution in [3.05, 3.63) is 10.9 Å². The molecule has 0 aliphatic rings. The van der Waals surface area contributed by atoms with Crippen LogP contribution >= 0.6 is 23.1 Å². The summed E-state index contributed by atoms with van der Waals surface area (Å²) < 4.78 is 0. The summed E-state index contributed by atoms with van der Waals surface area (Å²) in [7, 11) is 0. The molecule has 0 fully saturated rings. The van der Waals surface area contributed by atoms with Crippen molar-refractivity contribution >= 4 is 45.1 Å². The molecule has 2 heterocycles. The number of hydrogen-bond acceptors (Lipinski definition) is 6. The lowest BCUT2D eigenvalue weighted by atomic mass is 10.3. The quantitative estimate of drug-likeness (QED) is 0.797. The lowest BCUT2D eigenvalue weighted by molar-refractivity contribution is 0.841. The van der Waals surface area contributed by atoms with Gasteiger partial charge >= 0.3 is 0 Å². The molecule has 0 radical (unpaired) electrons. The zero-order valence-electron chi connectivity index (χ0n) is 10.7. The van der Waals surface area contributed by atoms with Crippen molar-refractivity contribution in [3.63, 3.8) is 0 Å². The second kappa shape index (κ2) is 6.24. The van der Waals surface area contributed by atoms with Gasteiger partial charge in [0.05, 0.1) is 5.39 Å². The van der Waals surface area contributed by atoms with Crippen molar-refractivity contribution in [2.45, 2.75) is 19.8 Å². The molecule has 0 saturated heterocycles. The van der Waals surface area contributed by atoms with Crippen LogP contribution in [0.15, 0.2) is 6.07 Å². The smallest absolute Gasteiger partial charge is 0.223 e. The van der Waals surface area contributed by atoms with Crippen LogP contribution in [0, 0.1) is 6.92 Å². The van der Waals surface area contributed by atoms with Crippen LogP contribution in [0.4, 0.5) is 11.8 Å². The molecule has 4 nitrogen and oxygen atoms in total. The largest absolute Gasteiger partial charge is 0.369 e. The van der Waals surface area contributed by atoms with E-state index in [1.807, 2.05) is 11.8 Å². The molecular formula is C12H18N4S2. The first-order chi connectivity index (χ1) is 8.70. The highest BCUT2D eigenvalue weighted by Crippen LogP contribution is 2.28. The summed E-state index contributed by atoms with van der Waals surface area (Å²) in [6.45, 7) is 3.01. The number of nitrogens with one attached hydrogen (secondary N) is 1. The minimum Gasteiger partial charge on any atom is -0.369 e. The molecule has 0 aromatic carbocycles. The second-order valence-corrected chi connectivity index (χ2v) is 6.35. The average Bonchev–Trinajstić information content (AvgIpc) is 2.69. The molecule has 18 heavy (non-hydrogen) atoms. The third-order valence-corrected chi connectivity index (χ3v) is 4.24. The van der Waals surface area contributed by atoms with Crippen LogP contribution in [0.25, 0.3) is 10.2 Å². The molecule has 98 valence electrons.